The van der Waals surface area contributed by atoms with Gasteiger partial charge in [0, 0.05) is 32.0 Å². The van der Waals surface area contributed by atoms with Gasteiger partial charge in [0.1, 0.15) is 0 Å². The van der Waals surface area contributed by atoms with Crippen LogP contribution in [0, 0.1) is 0 Å². The second-order valence-electron chi connectivity index (χ2n) is 4.37. The van der Waals surface area contributed by atoms with Crippen molar-refractivity contribution in [3.8, 4) is 0 Å². The van der Waals surface area contributed by atoms with Gasteiger partial charge in [0.15, 0.2) is 0 Å². The Labute approximate surface area is 129 Å². The number of morpholine rings is 1. The highest BCUT2D eigenvalue weighted by atomic mass is 35.5. The van der Waals surface area contributed by atoms with E-state index in [0.29, 0.717) is 23.1 Å². The molecule has 0 spiro atoms. The normalized spacial score (nSPS) is 18.4. The molecule has 0 bridgehead atoms. The van der Waals surface area contributed by atoms with Crippen molar-refractivity contribution in [1.82, 2.24) is 0 Å². The number of halogens is 2. The number of hydrogen-bond acceptors (Lipinski definition) is 4. The third-order valence-electron chi connectivity index (χ3n) is 2.86. The molecule has 0 radical (unpaired) electrons. The summed E-state index contributed by atoms with van der Waals surface area (Å²) < 4.78 is 5.56. The van der Waals surface area contributed by atoms with E-state index in [0.717, 1.165) is 18.8 Å². The molecule has 20 heavy (non-hydrogen) atoms. The van der Waals surface area contributed by atoms with Crippen molar-refractivity contribution in [1.29, 1.82) is 0 Å². The van der Waals surface area contributed by atoms with Crippen molar-refractivity contribution in [3.63, 3.8) is 0 Å². The van der Waals surface area contributed by atoms with Gasteiger partial charge in [-0.15, -0.1) is 0 Å². The third kappa shape index (κ3) is 5.46. The lowest BCUT2D eigenvalue weighted by atomic mass is 10.2. The monoisotopic (exact) mass is 321 g/mol. The Balaban J connectivity index is 0.000000612. The summed E-state index contributed by atoms with van der Waals surface area (Å²) in [6.45, 7) is 4.36. The van der Waals surface area contributed by atoms with Gasteiger partial charge in [0.2, 0.25) is 0 Å². The predicted molar refractivity (Wildman–Crippen MR) is 82.9 cm³/mol. The minimum Gasteiger partial charge on any atom is -0.397 e. The Kier molecular flexibility index (Phi) is 8.26. The Bertz CT molecular complexity index is 402. The van der Waals surface area contributed by atoms with Gasteiger partial charge < -0.3 is 19.8 Å². The Morgan fingerprint density at radius 3 is 2.60 bits per heavy atom. The van der Waals surface area contributed by atoms with Crippen LogP contribution in [0.1, 0.15) is 13.3 Å². The van der Waals surface area contributed by atoms with E-state index in [9.17, 15) is 0 Å². The molecule has 1 heterocycles. The molecular weight excluding hydrogens is 301 g/mol. The standard InChI is InChI=1S/C12H15Cl2NO2.C2H6O/c13-11-2-1-9(7-12(11)14)15-4-6-17-10(8-15)3-5-16;1-2-3/h1-2,7,10,16H,3-6,8H2;3H,2H2,1H3/t10-;/m1./s1. The van der Waals surface area contributed by atoms with Gasteiger partial charge in [-0.05, 0) is 31.5 Å². The molecule has 1 saturated heterocycles. The number of rotatable bonds is 3. The number of anilines is 1. The number of hydrogen-bond donors (Lipinski definition) is 2. The fourth-order valence-electron chi connectivity index (χ4n) is 1.95. The molecule has 1 aromatic rings. The molecule has 0 amide bonds. The smallest absolute Gasteiger partial charge is 0.0772 e. The summed E-state index contributed by atoms with van der Waals surface area (Å²) in [6, 6.07) is 5.62. The highest BCUT2D eigenvalue weighted by Crippen LogP contribution is 2.28. The average molecular weight is 322 g/mol. The van der Waals surface area contributed by atoms with Crippen LogP contribution >= 0.6 is 23.2 Å². The van der Waals surface area contributed by atoms with Crippen molar-refractivity contribution in [2.75, 3.05) is 37.8 Å². The molecule has 2 rings (SSSR count). The first-order valence-corrected chi connectivity index (χ1v) is 7.41. The topological polar surface area (TPSA) is 52.9 Å². The Morgan fingerprint density at radius 1 is 1.30 bits per heavy atom. The summed E-state index contributed by atoms with van der Waals surface area (Å²) in [5.74, 6) is 0. The van der Waals surface area contributed by atoms with E-state index in [1.807, 2.05) is 12.1 Å². The minimum absolute atomic E-state index is 0.0863. The highest BCUT2D eigenvalue weighted by Gasteiger charge is 2.20. The molecule has 1 aromatic carbocycles. The lowest BCUT2D eigenvalue weighted by Crippen LogP contribution is -2.42. The van der Waals surface area contributed by atoms with Crippen molar-refractivity contribution in [3.05, 3.63) is 28.2 Å². The molecule has 0 unspecified atom stereocenters. The van der Waals surface area contributed by atoms with Gasteiger partial charge in [-0.25, -0.2) is 0 Å². The first-order chi connectivity index (χ1) is 9.62. The average Bonchev–Trinajstić information content (AvgIpc) is 2.43. The van der Waals surface area contributed by atoms with Crippen LogP contribution in [0.25, 0.3) is 0 Å². The molecular formula is C14H21Cl2NO3. The van der Waals surface area contributed by atoms with E-state index >= 15 is 0 Å². The van der Waals surface area contributed by atoms with Crippen molar-refractivity contribution in [2.45, 2.75) is 19.4 Å². The van der Waals surface area contributed by atoms with E-state index in [-0.39, 0.29) is 19.3 Å². The molecule has 1 aliphatic heterocycles. The van der Waals surface area contributed by atoms with E-state index in [1.165, 1.54) is 0 Å². The number of nitrogens with zero attached hydrogens (tertiary/aromatic N) is 1. The fraction of sp³-hybridized carbons (Fsp3) is 0.571. The van der Waals surface area contributed by atoms with Crippen LogP contribution < -0.4 is 4.90 Å². The van der Waals surface area contributed by atoms with Crippen LogP contribution in [0.5, 0.6) is 0 Å². The first-order valence-electron chi connectivity index (χ1n) is 6.65. The largest absolute Gasteiger partial charge is 0.397 e. The van der Waals surface area contributed by atoms with Crippen LogP contribution in [-0.2, 0) is 4.74 Å². The molecule has 6 heteroatoms. The molecule has 2 N–H and O–H groups in total. The van der Waals surface area contributed by atoms with Gasteiger partial charge in [-0.1, -0.05) is 23.2 Å². The maximum Gasteiger partial charge on any atom is 0.0772 e. The second kappa shape index (κ2) is 9.42. The summed E-state index contributed by atoms with van der Waals surface area (Å²) in [7, 11) is 0. The number of ether oxygens (including phenoxy) is 1. The molecule has 114 valence electrons. The van der Waals surface area contributed by atoms with E-state index in [4.69, 9.17) is 38.2 Å². The lowest BCUT2D eigenvalue weighted by molar-refractivity contribution is 0.0247. The molecule has 1 atom stereocenters. The van der Waals surface area contributed by atoms with Crippen molar-refractivity contribution >= 4 is 28.9 Å². The highest BCUT2D eigenvalue weighted by molar-refractivity contribution is 6.42. The number of aliphatic hydroxyl groups excluding tert-OH is 2. The fourth-order valence-corrected chi connectivity index (χ4v) is 2.25. The summed E-state index contributed by atoms with van der Waals surface area (Å²) >= 11 is 11.9. The molecule has 1 fully saturated rings. The van der Waals surface area contributed by atoms with Gasteiger partial charge in [0.25, 0.3) is 0 Å². The van der Waals surface area contributed by atoms with E-state index in [2.05, 4.69) is 4.90 Å². The summed E-state index contributed by atoms with van der Waals surface area (Å²) in [5, 5.41) is 17.6. The molecule has 0 aromatic heterocycles. The van der Waals surface area contributed by atoms with Crippen LogP contribution in [-0.4, -0.2) is 49.2 Å². The summed E-state index contributed by atoms with van der Waals surface area (Å²) in [6.07, 6.45) is 0.751. The van der Waals surface area contributed by atoms with Gasteiger partial charge in [-0.2, -0.15) is 0 Å². The van der Waals surface area contributed by atoms with Crippen LogP contribution in [0.15, 0.2) is 18.2 Å². The van der Waals surface area contributed by atoms with Gasteiger partial charge >= 0.3 is 0 Å². The van der Waals surface area contributed by atoms with Crippen LogP contribution in [0.3, 0.4) is 0 Å². The first kappa shape index (κ1) is 17.5. The quantitative estimate of drug-likeness (QED) is 0.898. The molecule has 0 saturated carbocycles. The minimum atomic E-state index is 0.0863. The van der Waals surface area contributed by atoms with Crippen molar-refractivity contribution in [2.24, 2.45) is 0 Å². The molecule has 1 aliphatic rings. The number of benzene rings is 1. The molecule has 4 nitrogen and oxygen atoms in total. The van der Waals surface area contributed by atoms with Crippen LogP contribution in [0.4, 0.5) is 5.69 Å². The van der Waals surface area contributed by atoms with Gasteiger partial charge in [-0.3, -0.25) is 0 Å². The Morgan fingerprint density at radius 2 is 2.00 bits per heavy atom. The summed E-state index contributed by atoms with van der Waals surface area (Å²) in [5.41, 5.74) is 1.05. The lowest BCUT2D eigenvalue weighted by Gasteiger charge is -2.34. The SMILES string of the molecule is CCO.OCC[C@@H]1CN(c2ccc(Cl)c(Cl)c2)CCO1. The van der Waals surface area contributed by atoms with Crippen LogP contribution in [0.2, 0.25) is 10.0 Å². The van der Waals surface area contributed by atoms with E-state index in [1.54, 1.807) is 13.0 Å². The predicted octanol–water partition coefficient (Wildman–Crippen LogP) is 2.58. The molecule has 0 aliphatic carbocycles. The second-order valence-corrected chi connectivity index (χ2v) is 5.18. The maximum absolute atomic E-state index is 8.92. The van der Waals surface area contributed by atoms with E-state index < -0.39 is 0 Å². The maximum atomic E-state index is 8.92. The zero-order chi connectivity index (χ0) is 15.0. The number of aliphatic hydroxyl groups is 2. The zero-order valence-electron chi connectivity index (χ0n) is 11.6. The summed E-state index contributed by atoms with van der Waals surface area (Å²) in [4.78, 5) is 2.20. The zero-order valence-corrected chi connectivity index (χ0v) is 13.1. The van der Waals surface area contributed by atoms with Gasteiger partial charge in [0.05, 0.1) is 22.8 Å². The Hall–Kier alpha value is -0.520. The van der Waals surface area contributed by atoms with Crippen molar-refractivity contribution < 1.29 is 14.9 Å². The third-order valence-corrected chi connectivity index (χ3v) is 3.60.